The molecule has 1 amide bonds. The third-order valence-electron chi connectivity index (χ3n) is 4.38. The second-order valence-electron chi connectivity index (χ2n) is 5.92. The summed E-state index contributed by atoms with van der Waals surface area (Å²) in [5.41, 5.74) is 0.510. The lowest BCUT2D eigenvalue weighted by Gasteiger charge is -2.21. The average molecular weight is 342 g/mol. The lowest BCUT2D eigenvalue weighted by atomic mass is 9.94. The first-order valence-corrected chi connectivity index (χ1v) is 8.89. The van der Waals surface area contributed by atoms with Gasteiger partial charge < -0.3 is 14.8 Å². The maximum Gasteiger partial charge on any atom is 0.236 e. The summed E-state index contributed by atoms with van der Waals surface area (Å²) in [6.07, 6.45) is 9.98. The number of hydrogen-bond acceptors (Lipinski definition) is 4. The van der Waals surface area contributed by atoms with Gasteiger partial charge in [0.15, 0.2) is 11.5 Å². The highest BCUT2D eigenvalue weighted by Crippen LogP contribution is 2.50. The topological polar surface area (TPSA) is 59.9 Å². The standard InChI is InChI=1S/C18H18N2O3.C2H6.H2/c21-17(20-16-4-2-1-3-9-19-16)18(7-8-18)13-5-6-14-15(12-13)23-11-10-22-14;1-2;/h1-2,4-6,9,12H,3,7-8,10-11H2,(H,20,21);1-2H3;1H. The molecule has 1 aromatic rings. The van der Waals surface area contributed by atoms with Gasteiger partial charge in [0.25, 0.3) is 0 Å². The van der Waals surface area contributed by atoms with Crippen molar-refractivity contribution in [3.63, 3.8) is 0 Å². The van der Waals surface area contributed by atoms with Crippen LogP contribution in [0.25, 0.3) is 0 Å². The lowest BCUT2D eigenvalue weighted by molar-refractivity contribution is -0.122. The van der Waals surface area contributed by atoms with Crippen molar-refractivity contribution >= 4 is 12.1 Å². The first kappa shape index (κ1) is 17.3. The Morgan fingerprint density at radius 3 is 2.72 bits per heavy atom. The van der Waals surface area contributed by atoms with Gasteiger partial charge in [-0.05, 0) is 36.6 Å². The van der Waals surface area contributed by atoms with E-state index in [1.54, 1.807) is 6.21 Å². The molecule has 1 saturated carbocycles. The summed E-state index contributed by atoms with van der Waals surface area (Å²) < 4.78 is 11.2. The van der Waals surface area contributed by atoms with Crippen molar-refractivity contribution in [2.45, 2.75) is 38.5 Å². The Kier molecular flexibility index (Phi) is 5.22. The molecule has 134 valence electrons. The molecule has 0 atom stereocenters. The summed E-state index contributed by atoms with van der Waals surface area (Å²) in [5, 5.41) is 2.94. The highest BCUT2D eigenvalue weighted by atomic mass is 16.6. The van der Waals surface area contributed by atoms with Crippen molar-refractivity contribution in [2.24, 2.45) is 4.99 Å². The summed E-state index contributed by atoms with van der Waals surface area (Å²) in [7, 11) is 0. The Morgan fingerprint density at radius 1 is 1.20 bits per heavy atom. The quantitative estimate of drug-likeness (QED) is 0.910. The minimum absolute atomic E-state index is 0. The second kappa shape index (κ2) is 7.55. The van der Waals surface area contributed by atoms with Crippen LogP contribution in [0.3, 0.4) is 0 Å². The number of amides is 1. The van der Waals surface area contributed by atoms with Crippen molar-refractivity contribution in [3.05, 3.63) is 47.8 Å². The maximum absolute atomic E-state index is 12.8. The Hall–Kier alpha value is -2.56. The lowest BCUT2D eigenvalue weighted by Crippen LogP contribution is -2.34. The zero-order valence-electron chi connectivity index (χ0n) is 14.7. The highest BCUT2D eigenvalue weighted by Gasteiger charge is 2.51. The predicted octanol–water partition coefficient (Wildman–Crippen LogP) is 3.75. The Bertz CT molecular complexity index is 737. The number of rotatable bonds is 3. The molecule has 2 heterocycles. The molecule has 3 aliphatic rings. The van der Waals surface area contributed by atoms with Crippen LogP contribution in [-0.2, 0) is 10.2 Å². The molecule has 5 heteroatoms. The van der Waals surface area contributed by atoms with Gasteiger partial charge >= 0.3 is 0 Å². The molecule has 1 N–H and O–H groups in total. The molecule has 1 aliphatic carbocycles. The number of benzene rings is 1. The second-order valence-corrected chi connectivity index (χ2v) is 5.92. The smallest absolute Gasteiger partial charge is 0.236 e. The molecule has 5 nitrogen and oxygen atoms in total. The van der Waals surface area contributed by atoms with Crippen LogP contribution in [0.1, 0.15) is 40.1 Å². The zero-order valence-corrected chi connectivity index (χ0v) is 14.7. The number of nitrogens with one attached hydrogen (secondary N) is 1. The summed E-state index contributed by atoms with van der Waals surface area (Å²) in [6, 6.07) is 5.79. The van der Waals surface area contributed by atoms with E-state index in [-0.39, 0.29) is 7.33 Å². The number of carbonyl (C=O) groups is 1. The molecule has 0 bridgehead atoms. The summed E-state index contributed by atoms with van der Waals surface area (Å²) in [6.45, 7) is 5.11. The summed E-state index contributed by atoms with van der Waals surface area (Å²) in [4.78, 5) is 17.0. The van der Waals surface area contributed by atoms with E-state index in [4.69, 9.17) is 9.47 Å². The third kappa shape index (κ3) is 3.60. The van der Waals surface area contributed by atoms with Crippen LogP contribution in [0.2, 0.25) is 0 Å². The number of aliphatic imine (C=N–C) groups is 1. The Labute approximate surface area is 149 Å². The van der Waals surface area contributed by atoms with Crippen LogP contribution in [-0.4, -0.2) is 25.3 Å². The largest absolute Gasteiger partial charge is 0.486 e. The molecule has 0 aromatic heterocycles. The number of nitrogens with zero attached hydrogens (tertiary/aromatic N) is 1. The third-order valence-corrected chi connectivity index (χ3v) is 4.38. The van der Waals surface area contributed by atoms with E-state index >= 15 is 0 Å². The Morgan fingerprint density at radius 2 is 1.96 bits per heavy atom. The van der Waals surface area contributed by atoms with Crippen molar-refractivity contribution in [2.75, 3.05) is 13.2 Å². The van der Waals surface area contributed by atoms with E-state index < -0.39 is 5.41 Å². The zero-order chi connectivity index (χ0) is 17.7. The fraction of sp³-hybridized carbons (Fsp3) is 0.400. The fourth-order valence-electron chi connectivity index (χ4n) is 2.92. The predicted molar refractivity (Wildman–Crippen MR) is 100 cm³/mol. The first-order valence-electron chi connectivity index (χ1n) is 8.89. The van der Waals surface area contributed by atoms with Crippen molar-refractivity contribution in [1.82, 2.24) is 5.32 Å². The Balaban J connectivity index is 0.000000784. The van der Waals surface area contributed by atoms with E-state index in [2.05, 4.69) is 10.3 Å². The molecular formula is C20H26N2O3. The van der Waals surface area contributed by atoms with Crippen LogP contribution in [0.4, 0.5) is 0 Å². The van der Waals surface area contributed by atoms with E-state index in [1.807, 2.05) is 50.3 Å². The van der Waals surface area contributed by atoms with Crippen LogP contribution >= 0.6 is 0 Å². The number of ether oxygens (including phenoxy) is 2. The molecule has 0 unspecified atom stereocenters. The van der Waals surface area contributed by atoms with Crippen molar-refractivity contribution in [1.29, 1.82) is 0 Å². The van der Waals surface area contributed by atoms with Gasteiger partial charge in [-0.3, -0.25) is 4.79 Å². The fourth-order valence-corrected chi connectivity index (χ4v) is 2.92. The summed E-state index contributed by atoms with van der Waals surface area (Å²) >= 11 is 0. The SMILES string of the molecule is CC.O=C(NC1=CC=CCC=N1)C1(c2ccc3c(c2)OCCO3)CC1.[HH]. The number of fused-ring (bicyclic) bond motifs is 1. The van der Waals surface area contributed by atoms with Gasteiger partial charge in [-0.25, -0.2) is 4.99 Å². The molecule has 0 radical (unpaired) electrons. The van der Waals surface area contributed by atoms with Crippen molar-refractivity contribution in [3.8, 4) is 11.5 Å². The number of carbonyl (C=O) groups excluding carboxylic acids is 1. The van der Waals surface area contributed by atoms with Gasteiger partial charge in [-0.15, -0.1) is 0 Å². The highest BCUT2D eigenvalue weighted by molar-refractivity contribution is 5.92. The monoisotopic (exact) mass is 342 g/mol. The maximum atomic E-state index is 12.8. The minimum atomic E-state index is -0.470. The number of allylic oxidation sites excluding steroid dienone is 3. The molecular weight excluding hydrogens is 316 g/mol. The van der Waals surface area contributed by atoms with Gasteiger partial charge in [0.1, 0.15) is 19.0 Å². The van der Waals surface area contributed by atoms with Gasteiger partial charge in [-0.2, -0.15) is 0 Å². The van der Waals surface area contributed by atoms with Crippen LogP contribution in [0.5, 0.6) is 11.5 Å². The molecule has 4 rings (SSSR count). The van der Waals surface area contributed by atoms with Crippen molar-refractivity contribution < 1.29 is 15.7 Å². The number of hydrogen-bond donors (Lipinski definition) is 1. The first-order chi connectivity index (χ1) is 12.3. The molecule has 1 aromatic carbocycles. The van der Waals surface area contributed by atoms with E-state index in [0.717, 1.165) is 36.3 Å². The van der Waals surface area contributed by atoms with Gasteiger partial charge in [0.2, 0.25) is 5.91 Å². The summed E-state index contributed by atoms with van der Waals surface area (Å²) in [5.74, 6) is 2.06. The van der Waals surface area contributed by atoms with Gasteiger partial charge in [0, 0.05) is 14.1 Å². The average Bonchev–Trinajstić information content (AvgIpc) is 3.49. The van der Waals surface area contributed by atoms with Crippen LogP contribution in [0, 0.1) is 0 Å². The normalized spacial score (nSPS) is 19.0. The van der Waals surface area contributed by atoms with Crippen LogP contribution < -0.4 is 14.8 Å². The minimum Gasteiger partial charge on any atom is -0.486 e. The van der Waals surface area contributed by atoms with Crippen LogP contribution in [0.15, 0.2) is 47.2 Å². The van der Waals surface area contributed by atoms with Gasteiger partial charge in [-0.1, -0.05) is 32.1 Å². The van der Waals surface area contributed by atoms with E-state index in [1.165, 1.54) is 0 Å². The molecule has 25 heavy (non-hydrogen) atoms. The van der Waals surface area contributed by atoms with E-state index in [0.29, 0.717) is 19.0 Å². The molecule has 0 saturated heterocycles. The van der Waals surface area contributed by atoms with Gasteiger partial charge in [0.05, 0.1) is 5.41 Å². The van der Waals surface area contributed by atoms with E-state index in [9.17, 15) is 4.79 Å². The molecule has 2 aliphatic heterocycles. The molecule has 0 spiro atoms. The molecule has 1 fully saturated rings.